The second kappa shape index (κ2) is 10.7. The van der Waals surface area contributed by atoms with Crippen molar-refractivity contribution in [3.63, 3.8) is 0 Å². The van der Waals surface area contributed by atoms with Crippen LogP contribution >= 0.6 is 0 Å². The smallest absolute Gasteiger partial charge is 0.193 e. The van der Waals surface area contributed by atoms with Crippen LogP contribution < -0.4 is 20.5 Å². The monoisotopic (exact) mass is 309 g/mol. The molecule has 124 valence electrons. The van der Waals surface area contributed by atoms with Crippen molar-refractivity contribution >= 4 is 11.6 Å². The quantitative estimate of drug-likeness (QED) is 0.395. The van der Waals surface area contributed by atoms with Gasteiger partial charge >= 0.3 is 0 Å². The van der Waals surface area contributed by atoms with E-state index < -0.39 is 0 Å². The second-order valence-corrected chi connectivity index (χ2v) is 4.78. The van der Waals surface area contributed by atoms with E-state index in [1.165, 1.54) is 0 Å². The lowest BCUT2D eigenvalue weighted by Gasteiger charge is -2.11. The highest BCUT2D eigenvalue weighted by Gasteiger charge is 2.04. The van der Waals surface area contributed by atoms with Crippen molar-refractivity contribution in [3.05, 3.63) is 18.2 Å². The van der Waals surface area contributed by atoms with Gasteiger partial charge in [-0.2, -0.15) is 0 Å². The predicted octanol–water partition coefficient (Wildman–Crippen LogP) is 2.64. The second-order valence-electron chi connectivity index (χ2n) is 4.78. The molecule has 0 saturated carbocycles. The Bertz CT molecular complexity index is 464. The molecule has 1 aromatic carbocycles. The van der Waals surface area contributed by atoms with Crippen LogP contribution in [-0.2, 0) is 4.74 Å². The Labute approximate surface area is 132 Å². The lowest BCUT2D eigenvalue weighted by Crippen LogP contribution is -2.23. The summed E-state index contributed by atoms with van der Waals surface area (Å²) < 4.78 is 15.9. The van der Waals surface area contributed by atoms with Crippen LogP contribution in [0.1, 0.15) is 26.2 Å². The molecule has 0 amide bonds. The fourth-order valence-corrected chi connectivity index (χ4v) is 1.82. The van der Waals surface area contributed by atoms with Crippen molar-refractivity contribution in [1.82, 2.24) is 0 Å². The third kappa shape index (κ3) is 6.67. The van der Waals surface area contributed by atoms with Gasteiger partial charge in [0.05, 0.1) is 14.2 Å². The summed E-state index contributed by atoms with van der Waals surface area (Å²) in [7, 11) is 3.20. The molecule has 0 bridgehead atoms. The van der Waals surface area contributed by atoms with Crippen LogP contribution in [0, 0.1) is 0 Å². The molecule has 0 heterocycles. The minimum atomic E-state index is 0.376. The fourth-order valence-electron chi connectivity index (χ4n) is 1.82. The van der Waals surface area contributed by atoms with E-state index in [0.29, 0.717) is 30.6 Å². The van der Waals surface area contributed by atoms with Gasteiger partial charge in [0, 0.05) is 31.5 Å². The van der Waals surface area contributed by atoms with E-state index in [2.05, 4.69) is 17.2 Å². The maximum atomic E-state index is 5.86. The Balaban J connectivity index is 2.37. The number of aliphatic imine (C=N–C) groups is 1. The maximum Gasteiger partial charge on any atom is 0.193 e. The summed E-state index contributed by atoms with van der Waals surface area (Å²) in [5, 5.41) is 3.03. The fraction of sp³-hybridized carbons (Fsp3) is 0.562. The Morgan fingerprint density at radius 1 is 1.14 bits per heavy atom. The number of ether oxygens (including phenoxy) is 3. The average Bonchev–Trinajstić information content (AvgIpc) is 2.53. The van der Waals surface area contributed by atoms with E-state index in [4.69, 9.17) is 19.9 Å². The first-order chi connectivity index (χ1) is 10.7. The van der Waals surface area contributed by atoms with Gasteiger partial charge in [0.2, 0.25) is 0 Å². The first-order valence-electron chi connectivity index (χ1n) is 7.58. The molecule has 0 saturated heterocycles. The molecule has 22 heavy (non-hydrogen) atoms. The minimum Gasteiger partial charge on any atom is -0.493 e. The number of nitrogens with one attached hydrogen (secondary N) is 1. The van der Waals surface area contributed by atoms with E-state index in [-0.39, 0.29) is 0 Å². The van der Waals surface area contributed by atoms with Crippen LogP contribution in [-0.4, -0.2) is 39.9 Å². The Hall–Kier alpha value is -1.95. The van der Waals surface area contributed by atoms with E-state index in [9.17, 15) is 0 Å². The van der Waals surface area contributed by atoms with Crippen molar-refractivity contribution in [2.24, 2.45) is 10.7 Å². The van der Waals surface area contributed by atoms with Crippen LogP contribution in [0.4, 0.5) is 5.69 Å². The third-order valence-corrected chi connectivity index (χ3v) is 3.03. The zero-order valence-electron chi connectivity index (χ0n) is 13.7. The zero-order chi connectivity index (χ0) is 16.2. The summed E-state index contributed by atoms with van der Waals surface area (Å²) in [6.45, 7) is 4.32. The van der Waals surface area contributed by atoms with Gasteiger partial charge in [-0.25, -0.2) is 0 Å². The SMILES string of the molecule is CCCCOCCCN=C(N)Nc1ccc(OC)c(OC)c1. The molecular formula is C16H27N3O3. The van der Waals surface area contributed by atoms with E-state index in [0.717, 1.165) is 31.6 Å². The van der Waals surface area contributed by atoms with Crippen molar-refractivity contribution in [3.8, 4) is 11.5 Å². The van der Waals surface area contributed by atoms with Gasteiger partial charge < -0.3 is 25.3 Å². The van der Waals surface area contributed by atoms with Crippen molar-refractivity contribution in [2.75, 3.05) is 39.3 Å². The molecule has 6 heteroatoms. The van der Waals surface area contributed by atoms with Gasteiger partial charge in [-0.15, -0.1) is 0 Å². The number of nitrogens with zero attached hydrogens (tertiary/aromatic N) is 1. The Morgan fingerprint density at radius 2 is 1.86 bits per heavy atom. The first kappa shape index (κ1) is 18.1. The van der Waals surface area contributed by atoms with Crippen LogP contribution in [0.5, 0.6) is 11.5 Å². The molecule has 0 radical (unpaired) electrons. The van der Waals surface area contributed by atoms with Gasteiger partial charge in [0.15, 0.2) is 17.5 Å². The zero-order valence-corrected chi connectivity index (χ0v) is 13.7. The molecule has 0 aliphatic carbocycles. The number of anilines is 1. The van der Waals surface area contributed by atoms with Crippen LogP contribution in [0.15, 0.2) is 23.2 Å². The standard InChI is InChI=1S/C16H27N3O3/c1-4-5-10-22-11-6-9-18-16(17)19-13-7-8-14(20-2)15(12-13)21-3/h7-8,12H,4-6,9-11H2,1-3H3,(H3,17,18,19). The number of nitrogens with two attached hydrogens (primary N) is 1. The van der Waals surface area contributed by atoms with Crippen LogP contribution in [0.3, 0.4) is 0 Å². The molecule has 0 aromatic heterocycles. The number of guanidine groups is 1. The third-order valence-electron chi connectivity index (χ3n) is 3.03. The summed E-state index contributed by atoms with van der Waals surface area (Å²) in [5.74, 6) is 1.69. The van der Waals surface area contributed by atoms with Crippen LogP contribution in [0.2, 0.25) is 0 Å². The van der Waals surface area contributed by atoms with Gasteiger partial charge in [-0.1, -0.05) is 13.3 Å². The molecular weight excluding hydrogens is 282 g/mol. The first-order valence-corrected chi connectivity index (χ1v) is 7.58. The number of benzene rings is 1. The highest BCUT2D eigenvalue weighted by Crippen LogP contribution is 2.29. The van der Waals surface area contributed by atoms with Crippen molar-refractivity contribution in [1.29, 1.82) is 0 Å². The van der Waals surface area contributed by atoms with Gasteiger partial charge in [-0.3, -0.25) is 4.99 Å². The van der Waals surface area contributed by atoms with E-state index in [1.54, 1.807) is 14.2 Å². The molecule has 0 atom stereocenters. The molecule has 3 N–H and O–H groups in total. The highest BCUT2D eigenvalue weighted by atomic mass is 16.5. The maximum absolute atomic E-state index is 5.86. The molecule has 0 unspecified atom stereocenters. The number of methoxy groups -OCH3 is 2. The summed E-state index contributed by atoms with van der Waals surface area (Å²) >= 11 is 0. The van der Waals surface area contributed by atoms with Gasteiger partial charge in [0.1, 0.15) is 0 Å². The number of rotatable bonds is 10. The molecule has 0 fully saturated rings. The van der Waals surface area contributed by atoms with E-state index >= 15 is 0 Å². The lowest BCUT2D eigenvalue weighted by molar-refractivity contribution is 0.130. The Morgan fingerprint density at radius 3 is 2.55 bits per heavy atom. The summed E-state index contributed by atoms with van der Waals surface area (Å²) in [4.78, 5) is 4.27. The van der Waals surface area contributed by atoms with Crippen molar-refractivity contribution < 1.29 is 14.2 Å². The van der Waals surface area contributed by atoms with Crippen molar-refractivity contribution in [2.45, 2.75) is 26.2 Å². The molecule has 1 aromatic rings. The van der Waals surface area contributed by atoms with Crippen LogP contribution in [0.25, 0.3) is 0 Å². The molecule has 0 spiro atoms. The number of hydrogen-bond donors (Lipinski definition) is 2. The summed E-state index contributed by atoms with van der Waals surface area (Å²) in [6, 6.07) is 5.49. The largest absolute Gasteiger partial charge is 0.493 e. The molecule has 6 nitrogen and oxygen atoms in total. The minimum absolute atomic E-state index is 0.376. The van der Waals surface area contributed by atoms with Gasteiger partial charge in [0.25, 0.3) is 0 Å². The van der Waals surface area contributed by atoms with E-state index in [1.807, 2.05) is 18.2 Å². The molecule has 0 aliphatic heterocycles. The summed E-state index contributed by atoms with van der Waals surface area (Å²) in [5.41, 5.74) is 6.66. The normalized spacial score (nSPS) is 11.3. The topological polar surface area (TPSA) is 78.1 Å². The summed E-state index contributed by atoms with van der Waals surface area (Å²) in [6.07, 6.45) is 3.12. The number of hydrogen-bond acceptors (Lipinski definition) is 4. The molecule has 0 aliphatic rings. The van der Waals surface area contributed by atoms with Gasteiger partial charge in [-0.05, 0) is 25.0 Å². The predicted molar refractivity (Wildman–Crippen MR) is 90.0 cm³/mol. The average molecular weight is 309 g/mol. The highest BCUT2D eigenvalue weighted by molar-refractivity contribution is 5.92. The number of unbranched alkanes of at least 4 members (excludes halogenated alkanes) is 1. The Kier molecular flexibility index (Phi) is 8.83. The lowest BCUT2D eigenvalue weighted by atomic mass is 10.3. The molecule has 1 rings (SSSR count).